The minimum Gasteiger partial charge on any atom is -0.456 e. The van der Waals surface area contributed by atoms with Gasteiger partial charge in [-0.25, -0.2) is 0 Å². The van der Waals surface area contributed by atoms with Crippen LogP contribution in [0.4, 0.5) is 17.1 Å². The Morgan fingerprint density at radius 3 is 1.84 bits per heavy atom. The van der Waals surface area contributed by atoms with E-state index in [-0.39, 0.29) is 0 Å². The molecule has 2 heteroatoms. The molecule has 2 nitrogen and oxygen atoms in total. The van der Waals surface area contributed by atoms with E-state index in [4.69, 9.17) is 4.42 Å². The highest BCUT2D eigenvalue weighted by Gasteiger charge is 2.32. The van der Waals surface area contributed by atoms with E-state index in [1.54, 1.807) is 0 Å². The molecule has 0 amide bonds. The Labute approximate surface area is 297 Å². The second-order valence-corrected chi connectivity index (χ2v) is 13.2. The summed E-state index contributed by atoms with van der Waals surface area (Å²) in [5, 5.41) is 2.25. The maximum absolute atomic E-state index is 6.41. The SMILES string of the molecule is c1ccc(-c2cc3c(c(N(c4ccccc4)c4ccccc4-c4cccc5oc6ccccc6c45)c2-c2ccccc2)Cc2ccccc2-3)cc1. The van der Waals surface area contributed by atoms with E-state index < -0.39 is 0 Å². The van der Waals surface area contributed by atoms with E-state index in [2.05, 4.69) is 187 Å². The molecule has 1 aliphatic rings. The molecule has 10 rings (SSSR count). The third kappa shape index (κ3) is 4.80. The van der Waals surface area contributed by atoms with Crippen molar-refractivity contribution in [2.24, 2.45) is 0 Å². The number of fused-ring (bicyclic) bond motifs is 6. The van der Waals surface area contributed by atoms with Crippen LogP contribution >= 0.6 is 0 Å². The molecule has 0 unspecified atom stereocenters. The fraction of sp³-hybridized carbons (Fsp3) is 0.0204. The molecule has 8 aromatic carbocycles. The fourth-order valence-corrected chi connectivity index (χ4v) is 8.11. The molecule has 0 saturated carbocycles. The summed E-state index contributed by atoms with van der Waals surface area (Å²) in [5.41, 5.74) is 17.6. The van der Waals surface area contributed by atoms with Crippen LogP contribution in [0.15, 0.2) is 192 Å². The van der Waals surface area contributed by atoms with E-state index in [1.165, 1.54) is 50.2 Å². The zero-order chi connectivity index (χ0) is 33.7. The molecule has 0 spiro atoms. The van der Waals surface area contributed by atoms with Crippen LogP contribution in [0.5, 0.6) is 0 Å². The average Bonchev–Trinajstić information content (AvgIpc) is 3.78. The molecule has 0 aliphatic heterocycles. The zero-order valence-electron chi connectivity index (χ0n) is 28.0. The first-order chi connectivity index (χ1) is 25.3. The first-order valence-corrected chi connectivity index (χ1v) is 17.6. The number of anilines is 3. The number of hydrogen-bond acceptors (Lipinski definition) is 2. The van der Waals surface area contributed by atoms with E-state index >= 15 is 0 Å². The Kier molecular flexibility index (Phi) is 6.92. The molecule has 240 valence electrons. The Morgan fingerprint density at radius 2 is 1.04 bits per heavy atom. The minimum absolute atomic E-state index is 0.850. The Morgan fingerprint density at radius 1 is 0.431 bits per heavy atom. The highest BCUT2D eigenvalue weighted by atomic mass is 16.3. The maximum Gasteiger partial charge on any atom is 0.136 e. The normalized spacial score (nSPS) is 11.8. The van der Waals surface area contributed by atoms with Crippen molar-refractivity contribution < 1.29 is 4.42 Å². The van der Waals surface area contributed by atoms with E-state index in [0.29, 0.717) is 0 Å². The molecule has 0 N–H and O–H groups in total. The summed E-state index contributed by atoms with van der Waals surface area (Å²) in [6, 6.07) is 67.7. The van der Waals surface area contributed by atoms with Gasteiger partial charge < -0.3 is 9.32 Å². The summed E-state index contributed by atoms with van der Waals surface area (Å²) >= 11 is 0. The molecule has 1 heterocycles. The average molecular weight is 652 g/mol. The van der Waals surface area contributed by atoms with Crippen molar-refractivity contribution in [3.05, 3.63) is 199 Å². The molecule has 1 aliphatic carbocycles. The van der Waals surface area contributed by atoms with Crippen LogP contribution in [0.3, 0.4) is 0 Å². The molecule has 0 bridgehead atoms. The Hall–Kier alpha value is -6.64. The van der Waals surface area contributed by atoms with Gasteiger partial charge in [-0.05, 0) is 80.9 Å². The largest absolute Gasteiger partial charge is 0.456 e. The van der Waals surface area contributed by atoms with Gasteiger partial charge >= 0.3 is 0 Å². The zero-order valence-corrected chi connectivity index (χ0v) is 28.0. The second kappa shape index (κ2) is 12.0. The van der Waals surface area contributed by atoms with Gasteiger partial charge in [-0.1, -0.05) is 152 Å². The predicted molar refractivity (Wildman–Crippen MR) is 213 cm³/mol. The number of rotatable bonds is 6. The number of hydrogen-bond donors (Lipinski definition) is 0. The summed E-state index contributed by atoms with van der Waals surface area (Å²) in [4.78, 5) is 2.52. The van der Waals surface area contributed by atoms with Crippen LogP contribution in [0, 0.1) is 0 Å². The highest BCUT2D eigenvalue weighted by molar-refractivity contribution is 6.14. The van der Waals surface area contributed by atoms with Crippen molar-refractivity contribution in [3.63, 3.8) is 0 Å². The first-order valence-electron chi connectivity index (χ1n) is 17.6. The fourth-order valence-electron chi connectivity index (χ4n) is 8.11. The third-order valence-electron chi connectivity index (χ3n) is 10.3. The van der Waals surface area contributed by atoms with Crippen LogP contribution in [0.2, 0.25) is 0 Å². The van der Waals surface area contributed by atoms with Crippen molar-refractivity contribution in [1.29, 1.82) is 0 Å². The van der Waals surface area contributed by atoms with Gasteiger partial charge in [0.05, 0.1) is 11.4 Å². The van der Waals surface area contributed by atoms with E-state index in [1.807, 2.05) is 6.07 Å². The Bertz CT molecular complexity index is 2710. The van der Waals surface area contributed by atoms with Gasteiger partial charge in [0.25, 0.3) is 0 Å². The predicted octanol–water partition coefficient (Wildman–Crippen LogP) is 13.6. The summed E-state index contributed by atoms with van der Waals surface area (Å²) in [6.45, 7) is 0. The second-order valence-electron chi connectivity index (χ2n) is 13.2. The first kappa shape index (κ1) is 29.3. The number of nitrogens with zero attached hydrogens (tertiary/aromatic N) is 1. The standard InChI is InChI=1S/C49H33NO/c1-4-17-33(18-5-1)41-32-42-37-24-11-10-21-35(37)31-43(42)49(47(41)34-19-6-2-7-20-34)50(36-22-8-3-9-23-36)44-28-14-12-25-38(44)39-27-16-30-46-48(39)40-26-13-15-29-45(40)51-46/h1-30,32H,31H2. The lowest BCUT2D eigenvalue weighted by molar-refractivity contribution is 0.669. The van der Waals surface area contributed by atoms with Crippen LogP contribution < -0.4 is 4.90 Å². The number of para-hydroxylation sites is 3. The van der Waals surface area contributed by atoms with Crippen molar-refractivity contribution in [2.45, 2.75) is 6.42 Å². The van der Waals surface area contributed by atoms with E-state index in [9.17, 15) is 0 Å². The molecule has 51 heavy (non-hydrogen) atoms. The van der Waals surface area contributed by atoms with Crippen molar-refractivity contribution in [1.82, 2.24) is 0 Å². The molecule has 1 aromatic heterocycles. The smallest absolute Gasteiger partial charge is 0.136 e. The topological polar surface area (TPSA) is 16.4 Å². The molecule has 0 radical (unpaired) electrons. The highest BCUT2D eigenvalue weighted by Crippen LogP contribution is 2.55. The maximum atomic E-state index is 6.41. The minimum atomic E-state index is 0.850. The molecular formula is C49H33NO. The monoisotopic (exact) mass is 651 g/mol. The van der Waals surface area contributed by atoms with Crippen molar-refractivity contribution in [2.75, 3.05) is 4.90 Å². The van der Waals surface area contributed by atoms with Crippen LogP contribution in [0.1, 0.15) is 11.1 Å². The molecular weight excluding hydrogens is 619 g/mol. The van der Waals surface area contributed by atoms with E-state index in [0.717, 1.165) is 50.9 Å². The molecule has 0 fully saturated rings. The number of benzene rings is 8. The lowest BCUT2D eigenvalue weighted by atomic mass is 9.86. The third-order valence-corrected chi connectivity index (χ3v) is 10.3. The number of furan rings is 1. The lowest BCUT2D eigenvalue weighted by Crippen LogP contribution is -2.15. The summed E-state index contributed by atoms with van der Waals surface area (Å²) in [6.07, 6.45) is 0.850. The van der Waals surface area contributed by atoms with Crippen LogP contribution in [-0.2, 0) is 6.42 Å². The van der Waals surface area contributed by atoms with Gasteiger partial charge in [0.1, 0.15) is 11.2 Å². The van der Waals surface area contributed by atoms with Gasteiger partial charge in [0, 0.05) is 34.0 Å². The van der Waals surface area contributed by atoms with Crippen molar-refractivity contribution in [3.8, 4) is 44.5 Å². The lowest BCUT2D eigenvalue weighted by Gasteiger charge is -2.33. The summed E-state index contributed by atoms with van der Waals surface area (Å²) < 4.78 is 6.41. The Balaban J connectivity index is 1.35. The summed E-state index contributed by atoms with van der Waals surface area (Å²) in [5.74, 6) is 0. The van der Waals surface area contributed by atoms with Gasteiger partial charge in [-0.2, -0.15) is 0 Å². The summed E-state index contributed by atoms with van der Waals surface area (Å²) in [7, 11) is 0. The van der Waals surface area contributed by atoms with Gasteiger partial charge in [-0.15, -0.1) is 0 Å². The van der Waals surface area contributed by atoms with Gasteiger partial charge in [-0.3, -0.25) is 0 Å². The molecule has 0 saturated heterocycles. The van der Waals surface area contributed by atoms with Crippen LogP contribution in [-0.4, -0.2) is 0 Å². The molecule has 0 atom stereocenters. The van der Waals surface area contributed by atoms with Crippen molar-refractivity contribution >= 4 is 39.0 Å². The quantitative estimate of drug-likeness (QED) is 0.178. The molecule has 9 aromatic rings. The van der Waals surface area contributed by atoms with Gasteiger partial charge in [0.2, 0.25) is 0 Å². The van der Waals surface area contributed by atoms with Crippen LogP contribution in [0.25, 0.3) is 66.4 Å². The van der Waals surface area contributed by atoms with Gasteiger partial charge in [0.15, 0.2) is 0 Å².